The molecule has 1 rings (SSSR count). The van der Waals surface area contributed by atoms with Crippen LogP contribution in [0.15, 0.2) is 0 Å². The third-order valence-corrected chi connectivity index (χ3v) is 3.57. The van der Waals surface area contributed by atoms with Crippen LogP contribution in [0.4, 0.5) is 0 Å². The molecule has 0 N–H and O–H groups in total. The van der Waals surface area contributed by atoms with E-state index < -0.39 is 0 Å². The Hall–Kier alpha value is -0.330. The molecule has 0 amide bonds. The maximum absolute atomic E-state index is 11.3. The van der Waals surface area contributed by atoms with Crippen molar-refractivity contribution >= 4 is 5.78 Å². The highest BCUT2D eigenvalue weighted by Crippen LogP contribution is 2.44. The summed E-state index contributed by atoms with van der Waals surface area (Å²) in [7, 11) is 0. The van der Waals surface area contributed by atoms with Crippen molar-refractivity contribution in [3.8, 4) is 0 Å². The van der Waals surface area contributed by atoms with E-state index in [0.29, 0.717) is 5.78 Å². The molecular formula is C11H20O. The van der Waals surface area contributed by atoms with E-state index in [1.54, 1.807) is 6.92 Å². The van der Waals surface area contributed by atoms with Gasteiger partial charge in [-0.1, -0.05) is 20.8 Å². The van der Waals surface area contributed by atoms with Crippen LogP contribution in [0.1, 0.15) is 47.0 Å². The highest BCUT2D eigenvalue weighted by molar-refractivity contribution is 5.82. The van der Waals surface area contributed by atoms with E-state index in [1.165, 1.54) is 6.42 Å². The van der Waals surface area contributed by atoms with Crippen LogP contribution in [0, 0.1) is 17.3 Å². The minimum Gasteiger partial charge on any atom is -0.299 e. The van der Waals surface area contributed by atoms with Gasteiger partial charge in [0.2, 0.25) is 0 Å². The minimum absolute atomic E-state index is 0.00887. The first-order chi connectivity index (χ1) is 5.46. The molecule has 1 saturated carbocycles. The standard InChI is InChI=1S/C11H20O/c1-8(2)10-5-6-11(4,7-10)9(3)12/h8,10H,5-7H2,1-4H3/t10?,11-/m1/s1. The van der Waals surface area contributed by atoms with Crippen molar-refractivity contribution in [2.24, 2.45) is 17.3 Å². The van der Waals surface area contributed by atoms with Gasteiger partial charge >= 0.3 is 0 Å². The van der Waals surface area contributed by atoms with E-state index >= 15 is 0 Å². The van der Waals surface area contributed by atoms with Crippen LogP contribution in [0.2, 0.25) is 0 Å². The summed E-state index contributed by atoms with van der Waals surface area (Å²) in [5, 5.41) is 0. The summed E-state index contributed by atoms with van der Waals surface area (Å²) in [4.78, 5) is 11.3. The Balaban J connectivity index is 2.61. The molecule has 12 heavy (non-hydrogen) atoms. The van der Waals surface area contributed by atoms with Gasteiger partial charge in [-0.25, -0.2) is 0 Å². The first-order valence-corrected chi connectivity index (χ1v) is 4.97. The van der Waals surface area contributed by atoms with Crippen LogP contribution < -0.4 is 0 Å². The fourth-order valence-corrected chi connectivity index (χ4v) is 2.18. The molecule has 2 atom stereocenters. The molecule has 0 bridgehead atoms. The van der Waals surface area contributed by atoms with Gasteiger partial charge in [-0.15, -0.1) is 0 Å². The molecule has 0 aliphatic heterocycles. The topological polar surface area (TPSA) is 17.1 Å². The van der Waals surface area contributed by atoms with E-state index in [9.17, 15) is 4.79 Å². The Morgan fingerprint density at radius 2 is 2.08 bits per heavy atom. The zero-order valence-electron chi connectivity index (χ0n) is 8.68. The van der Waals surface area contributed by atoms with Gasteiger partial charge in [0, 0.05) is 5.41 Å². The van der Waals surface area contributed by atoms with Gasteiger partial charge in [0.25, 0.3) is 0 Å². The van der Waals surface area contributed by atoms with Crippen molar-refractivity contribution in [1.82, 2.24) is 0 Å². The Morgan fingerprint density at radius 3 is 2.33 bits per heavy atom. The van der Waals surface area contributed by atoms with Crippen molar-refractivity contribution in [3.05, 3.63) is 0 Å². The fraction of sp³-hybridized carbons (Fsp3) is 0.909. The molecule has 1 unspecified atom stereocenters. The smallest absolute Gasteiger partial charge is 0.135 e. The van der Waals surface area contributed by atoms with E-state index in [4.69, 9.17) is 0 Å². The number of rotatable bonds is 2. The number of ketones is 1. The quantitative estimate of drug-likeness (QED) is 0.619. The number of hydrogen-bond donors (Lipinski definition) is 0. The molecule has 0 heterocycles. The Morgan fingerprint density at radius 1 is 1.50 bits per heavy atom. The van der Waals surface area contributed by atoms with Gasteiger partial charge in [0.05, 0.1) is 0 Å². The van der Waals surface area contributed by atoms with Gasteiger partial charge in [-0.05, 0) is 38.0 Å². The average Bonchev–Trinajstić information content (AvgIpc) is 2.33. The zero-order valence-corrected chi connectivity index (χ0v) is 8.68. The third-order valence-electron chi connectivity index (χ3n) is 3.57. The molecule has 0 spiro atoms. The zero-order chi connectivity index (χ0) is 9.35. The lowest BCUT2D eigenvalue weighted by Crippen LogP contribution is -2.22. The van der Waals surface area contributed by atoms with Crippen molar-refractivity contribution in [2.45, 2.75) is 47.0 Å². The summed E-state index contributed by atoms with van der Waals surface area (Å²) < 4.78 is 0. The van der Waals surface area contributed by atoms with Gasteiger partial charge < -0.3 is 0 Å². The SMILES string of the molecule is CC(=O)[C@]1(C)CCC(C(C)C)C1. The van der Waals surface area contributed by atoms with Crippen LogP contribution in [-0.2, 0) is 4.79 Å². The van der Waals surface area contributed by atoms with Crippen molar-refractivity contribution in [3.63, 3.8) is 0 Å². The lowest BCUT2D eigenvalue weighted by molar-refractivity contribution is -0.125. The highest BCUT2D eigenvalue weighted by atomic mass is 16.1. The van der Waals surface area contributed by atoms with Crippen molar-refractivity contribution in [2.75, 3.05) is 0 Å². The molecule has 70 valence electrons. The van der Waals surface area contributed by atoms with Crippen LogP contribution in [0.3, 0.4) is 0 Å². The van der Waals surface area contributed by atoms with Gasteiger partial charge in [-0.2, -0.15) is 0 Å². The molecule has 0 aromatic heterocycles. The molecule has 1 fully saturated rings. The second kappa shape index (κ2) is 3.20. The lowest BCUT2D eigenvalue weighted by Gasteiger charge is -2.21. The van der Waals surface area contributed by atoms with Crippen LogP contribution in [0.5, 0.6) is 0 Å². The van der Waals surface area contributed by atoms with Crippen LogP contribution >= 0.6 is 0 Å². The fourth-order valence-electron chi connectivity index (χ4n) is 2.18. The second-order valence-electron chi connectivity index (χ2n) is 4.86. The third kappa shape index (κ3) is 1.70. The summed E-state index contributed by atoms with van der Waals surface area (Å²) >= 11 is 0. The van der Waals surface area contributed by atoms with Crippen molar-refractivity contribution in [1.29, 1.82) is 0 Å². The largest absolute Gasteiger partial charge is 0.299 e. The molecule has 0 radical (unpaired) electrons. The Kier molecular flexibility index (Phi) is 2.60. The first kappa shape index (κ1) is 9.76. The molecule has 0 aromatic rings. The monoisotopic (exact) mass is 168 g/mol. The summed E-state index contributed by atoms with van der Waals surface area (Å²) in [6.07, 6.45) is 3.46. The van der Waals surface area contributed by atoms with Gasteiger partial charge in [-0.3, -0.25) is 4.79 Å². The minimum atomic E-state index is 0.00887. The molecular weight excluding hydrogens is 148 g/mol. The number of Topliss-reactive ketones (excluding diaryl/α,β-unsaturated/α-hetero) is 1. The molecule has 0 aromatic carbocycles. The molecule has 1 aliphatic rings. The van der Waals surface area contributed by atoms with Crippen LogP contribution in [0.25, 0.3) is 0 Å². The first-order valence-electron chi connectivity index (χ1n) is 4.97. The Labute approximate surface area is 75.5 Å². The summed E-state index contributed by atoms with van der Waals surface area (Å²) in [5.74, 6) is 1.90. The summed E-state index contributed by atoms with van der Waals surface area (Å²) in [5.41, 5.74) is 0.00887. The maximum Gasteiger partial charge on any atom is 0.135 e. The normalized spacial score (nSPS) is 35.9. The molecule has 1 heteroatoms. The second-order valence-corrected chi connectivity index (χ2v) is 4.86. The average molecular weight is 168 g/mol. The summed E-state index contributed by atoms with van der Waals surface area (Å²) in [6.45, 7) is 8.38. The predicted octanol–water partition coefficient (Wildman–Crippen LogP) is 3.04. The molecule has 0 saturated heterocycles. The summed E-state index contributed by atoms with van der Waals surface area (Å²) in [6, 6.07) is 0. The maximum atomic E-state index is 11.3. The van der Waals surface area contributed by atoms with E-state index in [2.05, 4.69) is 20.8 Å². The van der Waals surface area contributed by atoms with E-state index in [1.807, 2.05) is 0 Å². The number of carbonyl (C=O) groups excluding carboxylic acids is 1. The molecule has 1 aliphatic carbocycles. The van der Waals surface area contributed by atoms with Crippen molar-refractivity contribution < 1.29 is 4.79 Å². The number of carbonyl (C=O) groups is 1. The van der Waals surface area contributed by atoms with Crippen LogP contribution in [-0.4, -0.2) is 5.78 Å². The highest BCUT2D eigenvalue weighted by Gasteiger charge is 2.39. The van der Waals surface area contributed by atoms with E-state index in [0.717, 1.165) is 24.7 Å². The lowest BCUT2D eigenvalue weighted by atomic mass is 9.82. The van der Waals surface area contributed by atoms with E-state index in [-0.39, 0.29) is 5.41 Å². The number of hydrogen-bond acceptors (Lipinski definition) is 1. The molecule has 1 nitrogen and oxygen atoms in total. The van der Waals surface area contributed by atoms with Gasteiger partial charge in [0.15, 0.2) is 0 Å². The predicted molar refractivity (Wildman–Crippen MR) is 51.0 cm³/mol. The van der Waals surface area contributed by atoms with Gasteiger partial charge in [0.1, 0.15) is 5.78 Å². The Bertz CT molecular complexity index is 183.